The summed E-state index contributed by atoms with van der Waals surface area (Å²) in [6.45, 7) is 1.76. The molecule has 0 radical (unpaired) electrons. The standard InChI is InChI=1S/C24H20N8O4/c1-13(18(16-9-27-31(2)11-16)19-14(7-25)5-4-6-15(19)8-26)22-30-20(21(33)24(35)32(22)3)23(34)29-17-10-28-36-12-17/h4-6,9-13,18,33H,1-3H3,(H,29,34)/t13-,18+/m0/s1. The van der Waals surface area contributed by atoms with Gasteiger partial charge in [-0.2, -0.15) is 15.6 Å². The summed E-state index contributed by atoms with van der Waals surface area (Å²) in [5, 5.41) is 40.2. The number of rotatable bonds is 6. The number of hydrogen-bond donors (Lipinski definition) is 2. The zero-order valence-corrected chi connectivity index (χ0v) is 19.5. The Bertz CT molecular complexity index is 1560. The van der Waals surface area contributed by atoms with Crippen LogP contribution in [-0.2, 0) is 14.1 Å². The minimum atomic E-state index is -0.838. The van der Waals surface area contributed by atoms with E-state index in [4.69, 9.17) is 0 Å². The van der Waals surface area contributed by atoms with E-state index in [2.05, 4.69) is 37.2 Å². The average Bonchev–Trinajstić information content (AvgIpc) is 3.54. The molecule has 0 saturated carbocycles. The van der Waals surface area contributed by atoms with Gasteiger partial charge in [0.2, 0.25) is 5.75 Å². The van der Waals surface area contributed by atoms with Gasteiger partial charge in [-0.25, -0.2) is 4.98 Å². The van der Waals surface area contributed by atoms with Crippen molar-refractivity contribution in [3.05, 3.63) is 87.2 Å². The van der Waals surface area contributed by atoms with Gasteiger partial charge in [0.05, 0.1) is 35.7 Å². The van der Waals surface area contributed by atoms with Crippen LogP contribution in [0.25, 0.3) is 0 Å². The van der Waals surface area contributed by atoms with Crippen molar-refractivity contribution < 1.29 is 14.4 Å². The summed E-state index contributed by atoms with van der Waals surface area (Å²) in [6.07, 6.45) is 5.78. The average molecular weight is 484 g/mol. The van der Waals surface area contributed by atoms with Crippen LogP contribution in [0.1, 0.15) is 57.3 Å². The zero-order chi connectivity index (χ0) is 26.0. The van der Waals surface area contributed by atoms with Gasteiger partial charge in [0, 0.05) is 32.1 Å². The van der Waals surface area contributed by atoms with E-state index >= 15 is 0 Å². The number of benzene rings is 1. The van der Waals surface area contributed by atoms with Crippen LogP contribution in [0.2, 0.25) is 0 Å². The quantitative estimate of drug-likeness (QED) is 0.415. The van der Waals surface area contributed by atoms with E-state index in [1.165, 1.54) is 19.5 Å². The first kappa shape index (κ1) is 23.9. The maximum absolute atomic E-state index is 12.9. The predicted octanol–water partition coefficient (Wildman–Crippen LogP) is 2.14. The van der Waals surface area contributed by atoms with E-state index in [0.717, 1.165) is 4.57 Å². The number of nitrogens with one attached hydrogen (secondary N) is 1. The predicted molar refractivity (Wildman–Crippen MR) is 125 cm³/mol. The molecule has 0 aliphatic rings. The maximum Gasteiger partial charge on any atom is 0.296 e. The third-order valence-electron chi connectivity index (χ3n) is 5.86. The van der Waals surface area contributed by atoms with Gasteiger partial charge >= 0.3 is 0 Å². The lowest BCUT2D eigenvalue weighted by molar-refractivity contribution is 0.101. The fourth-order valence-corrected chi connectivity index (χ4v) is 4.18. The van der Waals surface area contributed by atoms with E-state index in [1.54, 1.807) is 49.2 Å². The van der Waals surface area contributed by atoms with E-state index in [1.807, 2.05) is 0 Å². The Morgan fingerprint density at radius 1 is 1.19 bits per heavy atom. The van der Waals surface area contributed by atoms with Gasteiger partial charge in [0.25, 0.3) is 11.5 Å². The lowest BCUT2D eigenvalue weighted by atomic mass is 9.78. The molecule has 0 fully saturated rings. The molecule has 1 amide bonds. The Labute approximate surface area is 204 Å². The second-order valence-electron chi connectivity index (χ2n) is 8.10. The molecule has 0 unspecified atom stereocenters. The first-order valence-electron chi connectivity index (χ1n) is 10.7. The molecule has 1 aromatic carbocycles. The molecular weight excluding hydrogens is 464 g/mol. The molecule has 4 rings (SSSR count). The molecule has 2 atom stereocenters. The topological polar surface area (TPSA) is 176 Å². The van der Waals surface area contributed by atoms with Gasteiger partial charge in [-0.3, -0.25) is 18.8 Å². The van der Waals surface area contributed by atoms with Crippen LogP contribution in [0.15, 0.2) is 52.4 Å². The summed E-state index contributed by atoms with van der Waals surface area (Å²) in [5.74, 6) is -2.79. The van der Waals surface area contributed by atoms with E-state index in [9.17, 15) is 25.2 Å². The van der Waals surface area contributed by atoms with E-state index < -0.39 is 34.7 Å². The third-order valence-corrected chi connectivity index (χ3v) is 5.86. The van der Waals surface area contributed by atoms with Crippen LogP contribution in [0.3, 0.4) is 0 Å². The Kier molecular flexibility index (Phi) is 6.35. The second kappa shape index (κ2) is 9.56. The van der Waals surface area contributed by atoms with E-state index in [0.29, 0.717) is 11.1 Å². The van der Waals surface area contributed by atoms with Crippen LogP contribution >= 0.6 is 0 Å². The first-order valence-corrected chi connectivity index (χ1v) is 10.7. The second-order valence-corrected chi connectivity index (χ2v) is 8.10. The number of nitriles is 2. The smallest absolute Gasteiger partial charge is 0.296 e. The van der Waals surface area contributed by atoms with Crippen molar-refractivity contribution in [1.82, 2.24) is 24.5 Å². The first-order chi connectivity index (χ1) is 17.3. The van der Waals surface area contributed by atoms with Gasteiger partial charge in [-0.1, -0.05) is 18.1 Å². The van der Waals surface area contributed by atoms with Crippen molar-refractivity contribution in [1.29, 1.82) is 10.5 Å². The van der Waals surface area contributed by atoms with Crippen molar-refractivity contribution in [3.63, 3.8) is 0 Å². The normalized spacial score (nSPS) is 12.4. The van der Waals surface area contributed by atoms with Crippen LogP contribution in [0.4, 0.5) is 5.69 Å². The number of anilines is 1. The lowest BCUT2D eigenvalue weighted by Gasteiger charge is -2.26. The fraction of sp³-hybridized carbons (Fsp3) is 0.208. The zero-order valence-electron chi connectivity index (χ0n) is 19.5. The molecule has 0 aliphatic heterocycles. The molecule has 0 saturated heterocycles. The number of hydrogen-bond acceptors (Lipinski definition) is 9. The van der Waals surface area contributed by atoms with Gasteiger partial charge < -0.3 is 14.9 Å². The van der Waals surface area contributed by atoms with Crippen molar-refractivity contribution in [3.8, 4) is 17.9 Å². The summed E-state index contributed by atoms with van der Waals surface area (Å²) in [6, 6.07) is 9.10. The largest absolute Gasteiger partial charge is 0.501 e. The summed E-state index contributed by atoms with van der Waals surface area (Å²) in [4.78, 5) is 30.1. The molecule has 2 N–H and O–H groups in total. The molecule has 180 valence electrons. The maximum atomic E-state index is 12.9. The molecule has 0 spiro atoms. The van der Waals surface area contributed by atoms with Gasteiger partial charge in [0.15, 0.2) is 5.69 Å². The Morgan fingerprint density at radius 3 is 2.44 bits per heavy atom. The summed E-state index contributed by atoms with van der Waals surface area (Å²) in [5.41, 5.74) is 0.573. The minimum Gasteiger partial charge on any atom is -0.501 e. The number of carbonyl (C=O) groups is 1. The number of carbonyl (C=O) groups excluding carboxylic acids is 1. The molecule has 3 aromatic heterocycles. The highest BCUT2D eigenvalue weighted by Crippen LogP contribution is 2.40. The molecule has 12 nitrogen and oxygen atoms in total. The van der Waals surface area contributed by atoms with Crippen LogP contribution in [0, 0.1) is 22.7 Å². The molecule has 0 aliphatic carbocycles. The fourth-order valence-electron chi connectivity index (χ4n) is 4.18. The van der Waals surface area contributed by atoms with Crippen molar-refractivity contribution >= 4 is 11.6 Å². The molecule has 0 bridgehead atoms. The molecule has 36 heavy (non-hydrogen) atoms. The Morgan fingerprint density at radius 2 is 1.89 bits per heavy atom. The number of amides is 1. The van der Waals surface area contributed by atoms with Crippen LogP contribution in [-0.4, -0.2) is 35.5 Å². The number of aromatic nitrogens is 5. The molecule has 3 heterocycles. The van der Waals surface area contributed by atoms with E-state index in [-0.39, 0.29) is 22.6 Å². The summed E-state index contributed by atoms with van der Waals surface area (Å²) in [7, 11) is 3.15. The highest BCUT2D eigenvalue weighted by molar-refractivity contribution is 6.04. The lowest BCUT2D eigenvalue weighted by Crippen LogP contribution is -2.29. The van der Waals surface area contributed by atoms with Crippen LogP contribution in [0.5, 0.6) is 5.75 Å². The van der Waals surface area contributed by atoms with Gasteiger partial charge in [-0.05, 0) is 23.3 Å². The third kappa shape index (κ3) is 4.19. The van der Waals surface area contributed by atoms with Crippen molar-refractivity contribution in [2.45, 2.75) is 18.8 Å². The summed E-state index contributed by atoms with van der Waals surface area (Å²) < 4.78 is 7.41. The van der Waals surface area contributed by atoms with Crippen LogP contribution < -0.4 is 10.9 Å². The summed E-state index contributed by atoms with van der Waals surface area (Å²) >= 11 is 0. The monoisotopic (exact) mass is 484 g/mol. The molecule has 12 heteroatoms. The van der Waals surface area contributed by atoms with Gasteiger partial charge in [0.1, 0.15) is 17.8 Å². The number of aromatic hydroxyl groups is 1. The number of nitrogens with zero attached hydrogens (tertiary/aromatic N) is 7. The van der Waals surface area contributed by atoms with Gasteiger partial charge in [-0.15, -0.1) is 0 Å². The number of aryl methyl sites for hydroxylation is 1. The highest BCUT2D eigenvalue weighted by Gasteiger charge is 2.33. The Hall–Kier alpha value is -5.23. The molecular formula is C24H20N8O4. The molecule has 4 aromatic rings. The SMILES string of the molecule is C[C@H](c1nc(C(=O)Nc2cnoc2)c(O)c(=O)n1C)[C@H](c1cnn(C)c1)c1c(C#N)cccc1C#N. The van der Waals surface area contributed by atoms with Crippen molar-refractivity contribution in [2.75, 3.05) is 5.32 Å². The Balaban J connectivity index is 1.91. The minimum absolute atomic E-state index is 0.152. The highest BCUT2D eigenvalue weighted by atomic mass is 16.5. The van der Waals surface area contributed by atoms with Crippen molar-refractivity contribution in [2.24, 2.45) is 14.1 Å².